The molecule has 0 unspecified atom stereocenters. The molecule has 2 aliphatic carbocycles. The van der Waals surface area contributed by atoms with Gasteiger partial charge in [-0.1, -0.05) is 48.6 Å². The number of hydrogen-bond donors (Lipinski definition) is 0. The Morgan fingerprint density at radius 2 is 2.05 bits per heavy atom. The summed E-state index contributed by atoms with van der Waals surface area (Å²) in [5, 5.41) is 0. The van der Waals surface area contributed by atoms with Crippen LogP contribution >= 0.6 is 0 Å². The van der Waals surface area contributed by atoms with E-state index in [0.29, 0.717) is 5.78 Å². The van der Waals surface area contributed by atoms with Gasteiger partial charge in [-0.05, 0) is 61.5 Å². The second-order valence-corrected chi connectivity index (χ2v) is 6.28. The molecule has 1 saturated carbocycles. The van der Waals surface area contributed by atoms with E-state index < -0.39 is 0 Å². The Morgan fingerprint density at radius 1 is 1.19 bits per heavy atom. The second kappa shape index (κ2) is 6.89. The highest BCUT2D eigenvalue weighted by atomic mass is 16.1. The van der Waals surface area contributed by atoms with Crippen molar-refractivity contribution >= 4 is 5.78 Å². The van der Waals surface area contributed by atoms with Gasteiger partial charge in [0, 0.05) is 6.42 Å². The van der Waals surface area contributed by atoms with Crippen LogP contribution in [-0.2, 0) is 4.79 Å². The first kappa shape index (κ1) is 14.3. The van der Waals surface area contributed by atoms with E-state index in [1.807, 2.05) is 0 Å². The van der Waals surface area contributed by atoms with Crippen molar-refractivity contribution in [3.63, 3.8) is 0 Å². The first-order chi connectivity index (χ1) is 10.3. The fraction of sp³-hybridized carbons (Fsp3) is 0.450. The van der Waals surface area contributed by atoms with Crippen LogP contribution in [0.5, 0.6) is 0 Å². The Balaban J connectivity index is 1.37. The van der Waals surface area contributed by atoms with Gasteiger partial charge in [0.2, 0.25) is 0 Å². The molecule has 1 fully saturated rings. The van der Waals surface area contributed by atoms with Crippen LogP contribution in [0.25, 0.3) is 0 Å². The third-order valence-corrected chi connectivity index (χ3v) is 4.62. The fourth-order valence-electron chi connectivity index (χ4n) is 3.25. The average molecular weight is 280 g/mol. The number of carbonyl (C=O) groups excluding carboxylic acids is 1. The van der Waals surface area contributed by atoms with Gasteiger partial charge in [0.05, 0.1) is 0 Å². The van der Waals surface area contributed by atoms with Gasteiger partial charge >= 0.3 is 0 Å². The molecule has 1 heteroatoms. The Morgan fingerprint density at radius 3 is 2.86 bits per heavy atom. The summed E-state index contributed by atoms with van der Waals surface area (Å²) in [6, 6.07) is 10.8. The van der Waals surface area contributed by atoms with Crippen LogP contribution in [0.2, 0.25) is 0 Å². The molecule has 0 amide bonds. The third-order valence-electron chi connectivity index (χ3n) is 4.62. The predicted octanol–water partition coefficient (Wildman–Crippen LogP) is 5.20. The van der Waals surface area contributed by atoms with Gasteiger partial charge in [0.1, 0.15) is 0 Å². The van der Waals surface area contributed by atoms with E-state index in [0.717, 1.165) is 55.9 Å². The van der Waals surface area contributed by atoms with E-state index in [4.69, 9.17) is 0 Å². The van der Waals surface area contributed by atoms with Gasteiger partial charge in [-0.3, -0.25) is 4.79 Å². The standard InChI is InChI=1S/C20H24O/c21-20-14-8-7-12-17(20)11-5-2-6-13-18-15-19(18)16-9-3-1-4-10-16/h1,3-4,6,9-10,12-13,18-19H,2,5,7-8,11,14-15H2/b13-6-/t18-,19+/m1/s1. The molecule has 0 heterocycles. The molecule has 0 radical (unpaired) electrons. The maximum absolute atomic E-state index is 11.7. The summed E-state index contributed by atoms with van der Waals surface area (Å²) in [7, 11) is 0. The lowest BCUT2D eigenvalue weighted by molar-refractivity contribution is -0.116. The van der Waals surface area contributed by atoms with Gasteiger partial charge in [0.15, 0.2) is 5.78 Å². The average Bonchev–Trinajstić information content (AvgIpc) is 3.29. The molecule has 0 aliphatic heterocycles. The van der Waals surface area contributed by atoms with Crippen molar-refractivity contribution in [2.24, 2.45) is 5.92 Å². The number of benzene rings is 1. The zero-order valence-corrected chi connectivity index (χ0v) is 12.6. The van der Waals surface area contributed by atoms with E-state index in [1.165, 1.54) is 12.0 Å². The van der Waals surface area contributed by atoms with E-state index in [2.05, 4.69) is 48.6 Å². The number of ketones is 1. The molecular formula is C20H24O. The van der Waals surface area contributed by atoms with Crippen LogP contribution in [0.3, 0.4) is 0 Å². The number of carbonyl (C=O) groups is 1. The minimum absolute atomic E-state index is 0.386. The van der Waals surface area contributed by atoms with Crippen molar-refractivity contribution in [1.82, 2.24) is 0 Å². The quantitative estimate of drug-likeness (QED) is 0.517. The first-order valence-corrected chi connectivity index (χ1v) is 8.28. The van der Waals surface area contributed by atoms with Crippen molar-refractivity contribution in [3.05, 3.63) is 59.7 Å². The van der Waals surface area contributed by atoms with Crippen molar-refractivity contribution in [2.45, 2.75) is 50.9 Å². The zero-order valence-electron chi connectivity index (χ0n) is 12.6. The lowest BCUT2D eigenvalue weighted by Crippen LogP contribution is -2.06. The SMILES string of the molecule is O=C1CCCC=C1CCC/C=C\[C@@H]1C[C@H]1c1ccccc1. The highest BCUT2D eigenvalue weighted by molar-refractivity contribution is 5.95. The predicted molar refractivity (Wildman–Crippen MR) is 87.2 cm³/mol. The Labute approximate surface area is 127 Å². The summed E-state index contributed by atoms with van der Waals surface area (Å²) in [6.07, 6.45) is 14.2. The van der Waals surface area contributed by atoms with Crippen LogP contribution in [0.4, 0.5) is 0 Å². The normalized spacial score (nSPS) is 25.1. The molecule has 1 aromatic carbocycles. The first-order valence-electron chi connectivity index (χ1n) is 8.28. The van der Waals surface area contributed by atoms with Crippen molar-refractivity contribution < 1.29 is 4.79 Å². The van der Waals surface area contributed by atoms with E-state index in [1.54, 1.807) is 0 Å². The maximum Gasteiger partial charge on any atom is 0.158 e. The smallest absolute Gasteiger partial charge is 0.158 e. The highest BCUT2D eigenvalue weighted by Crippen LogP contribution is 2.48. The Hall–Kier alpha value is -1.63. The molecular weight excluding hydrogens is 256 g/mol. The van der Waals surface area contributed by atoms with Crippen LogP contribution in [0, 0.1) is 5.92 Å². The van der Waals surface area contributed by atoms with Gasteiger partial charge in [-0.25, -0.2) is 0 Å². The Bertz CT molecular complexity index is 538. The van der Waals surface area contributed by atoms with Crippen LogP contribution < -0.4 is 0 Å². The monoisotopic (exact) mass is 280 g/mol. The van der Waals surface area contributed by atoms with Gasteiger partial charge in [-0.2, -0.15) is 0 Å². The number of unbranched alkanes of at least 4 members (excludes halogenated alkanes) is 1. The minimum Gasteiger partial charge on any atom is -0.295 e. The van der Waals surface area contributed by atoms with Gasteiger partial charge in [0.25, 0.3) is 0 Å². The highest BCUT2D eigenvalue weighted by Gasteiger charge is 2.35. The molecule has 3 rings (SSSR count). The molecule has 0 N–H and O–H groups in total. The molecule has 1 nitrogen and oxygen atoms in total. The summed E-state index contributed by atoms with van der Waals surface area (Å²) in [4.78, 5) is 11.7. The van der Waals surface area contributed by atoms with Crippen molar-refractivity contribution in [1.29, 1.82) is 0 Å². The molecule has 110 valence electrons. The summed E-state index contributed by atoms with van der Waals surface area (Å²) >= 11 is 0. The lowest BCUT2D eigenvalue weighted by Gasteiger charge is -2.10. The summed E-state index contributed by atoms with van der Waals surface area (Å²) in [5.74, 6) is 1.87. The second-order valence-electron chi connectivity index (χ2n) is 6.28. The number of allylic oxidation sites excluding steroid dienone is 4. The molecule has 0 bridgehead atoms. The van der Waals surface area contributed by atoms with Crippen LogP contribution in [0.15, 0.2) is 54.1 Å². The van der Waals surface area contributed by atoms with E-state index in [9.17, 15) is 4.79 Å². The zero-order chi connectivity index (χ0) is 14.5. The minimum atomic E-state index is 0.386. The number of hydrogen-bond acceptors (Lipinski definition) is 1. The van der Waals surface area contributed by atoms with Crippen LogP contribution in [0.1, 0.15) is 56.4 Å². The summed E-state index contributed by atoms with van der Waals surface area (Å²) < 4.78 is 0. The maximum atomic E-state index is 11.7. The molecule has 2 atom stereocenters. The van der Waals surface area contributed by atoms with E-state index >= 15 is 0 Å². The molecule has 0 aromatic heterocycles. The molecule has 0 saturated heterocycles. The summed E-state index contributed by atoms with van der Waals surface area (Å²) in [5.41, 5.74) is 2.56. The third kappa shape index (κ3) is 3.93. The van der Waals surface area contributed by atoms with Crippen LogP contribution in [-0.4, -0.2) is 5.78 Å². The fourth-order valence-corrected chi connectivity index (χ4v) is 3.25. The van der Waals surface area contributed by atoms with Gasteiger partial charge < -0.3 is 0 Å². The number of Topliss-reactive ketones (excluding diaryl/α,β-unsaturated/α-hetero) is 1. The topological polar surface area (TPSA) is 17.1 Å². The molecule has 1 aromatic rings. The number of rotatable bonds is 6. The Kier molecular flexibility index (Phi) is 4.69. The molecule has 21 heavy (non-hydrogen) atoms. The largest absolute Gasteiger partial charge is 0.295 e. The lowest BCUT2D eigenvalue weighted by atomic mass is 9.94. The van der Waals surface area contributed by atoms with Crippen molar-refractivity contribution in [2.75, 3.05) is 0 Å². The summed E-state index contributed by atoms with van der Waals surface area (Å²) in [6.45, 7) is 0. The van der Waals surface area contributed by atoms with E-state index in [-0.39, 0.29) is 0 Å². The molecule has 0 spiro atoms. The van der Waals surface area contributed by atoms with Crippen molar-refractivity contribution in [3.8, 4) is 0 Å². The molecule has 2 aliphatic rings. The van der Waals surface area contributed by atoms with Gasteiger partial charge in [-0.15, -0.1) is 0 Å².